The topological polar surface area (TPSA) is 73.9 Å². The number of hydrogen-bond acceptors (Lipinski definition) is 5. The second kappa shape index (κ2) is 7.52. The molecule has 2 aromatic rings. The Balaban J connectivity index is 1.54. The van der Waals surface area contributed by atoms with Crippen LogP contribution in [0.25, 0.3) is 0 Å². The van der Waals surface area contributed by atoms with Gasteiger partial charge in [0.25, 0.3) is 5.91 Å². The molecule has 1 amide bonds. The molecule has 24 heavy (non-hydrogen) atoms. The normalized spacial score (nSPS) is 12.4. The highest BCUT2D eigenvalue weighted by molar-refractivity contribution is 14.1. The van der Waals surface area contributed by atoms with Gasteiger partial charge in [-0.05, 0) is 59.0 Å². The molecule has 1 heterocycles. The number of amides is 1. The highest BCUT2D eigenvalue weighted by Gasteiger charge is 2.14. The molecule has 0 fully saturated rings. The van der Waals surface area contributed by atoms with E-state index in [1.54, 1.807) is 42.5 Å². The largest absolute Gasteiger partial charge is 0.486 e. The zero-order chi connectivity index (χ0) is 16.9. The Kier molecular flexibility index (Phi) is 5.19. The highest BCUT2D eigenvalue weighted by atomic mass is 127. The van der Waals surface area contributed by atoms with Crippen molar-refractivity contribution < 1.29 is 23.8 Å². The molecule has 1 aliphatic heterocycles. The number of hydrogen-bond donors (Lipinski definition) is 1. The lowest BCUT2D eigenvalue weighted by molar-refractivity contribution is -0.119. The average Bonchev–Trinajstić information content (AvgIpc) is 2.60. The summed E-state index contributed by atoms with van der Waals surface area (Å²) in [5, 5.41) is 2.66. The minimum Gasteiger partial charge on any atom is -0.486 e. The van der Waals surface area contributed by atoms with Gasteiger partial charge in [-0.3, -0.25) is 4.79 Å². The molecule has 0 radical (unpaired) electrons. The van der Waals surface area contributed by atoms with E-state index in [4.69, 9.17) is 14.2 Å². The summed E-state index contributed by atoms with van der Waals surface area (Å²) < 4.78 is 16.9. The van der Waals surface area contributed by atoms with Crippen molar-refractivity contribution in [3.8, 4) is 11.5 Å². The number of benzene rings is 2. The monoisotopic (exact) mass is 439 g/mol. The molecule has 0 aliphatic carbocycles. The van der Waals surface area contributed by atoms with E-state index in [1.807, 2.05) is 0 Å². The SMILES string of the molecule is O=C(COC(=O)c1ccc(I)cc1)Nc1ccc2c(c1)OCCO2. The summed E-state index contributed by atoms with van der Waals surface area (Å²) in [4.78, 5) is 23.8. The van der Waals surface area contributed by atoms with Gasteiger partial charge in [0.05, 0.1) is 5.56 Å². The second-order valence-corrected chi connectivity index (χ2v) is 6.24. The zero-order valence-corrected chi connectivity index (χ0v) is 14.7. The summed E-state index contributed by atoms with van der Waals surface area (Å²) in [7, 11) is 0. The third-order valence-corrected chi connectivity index (χ3v) is 3.96. The maximum atomic E-state index is 11.9. The standard InChI is InChI=1S/C17H14INO5/c18-12-3-1-11(2-4-12)17(21)24-10-16(20)19-13-5-6-14-15(9-13)23-8-7-22-14/h1-6,9H,7-8,10H2,(H,19,20). The van der Waals surface area contributed by atoms with Gasteiger partial charge in [-0.1, -0.05) is 0 Å². The molecule has 0 saturated heterocycles. The third-order valence-electron chi connectivity index (χ3n) is 3.24. The lowest BCUT2D eigenvalue weighted by atomic mass is 10.2. The van der Waals surface area contributed by atoms with E-state index in [-0.39, 0.29) is 6.61 Å². The zero-order valence-electron chi connectivity index (χ0n) is 12.6. The molecule has 6 nitrogen and oxygen atoms in total. The van der Waals surface area contributed by atoms with Crippen molar-refractivity contribution in [3.63, 3.8) is 0 Å². The molecule has 0 spiro atoms. The van der Waals surface area contributed by atoms with Gasteiger partial charge in [0, 0.05) is 15.3 Å². The molecule has 0 aromatic heterocycles. The Bertz CT molecular complexity index is 760. The van der Waals surface area contributed by atoms with Crippen LogP contribution in [0.3, 0.4) is 0 Å². The van der Waals surface area contributed by atoms with E-state index in [0.717, 1.165) is 3.57 Å². The fourth-order valence-corrected chi connectivity index (χ4v) is 2.48. The molecular formula is C17H14INO5. The molecule has 7 heteroatoms. The molecule has 0 unspecified atom stereocenters. The van der Waals surface area contributed by atoms with E-state index in [9.17, 15) is 9.59 Å². The smallest absolute Gasteiger partial charge is 0.338 e. The molecular weight excluding hydrogens is 425 g/mol. The van der Waals surface area contributed by atoms with Crippen molar-refractivity contribution in [2.24, 2.45) is 0 Å². The fourth-order valence-electron chi connectivity index (χ4n) is 2.12. The predicted octanol–water partition coefficient (Wildman–Crippen LogP) is 2.86. The van der Waals surface area contributed by atoms with Gasteiger partial charge in [0.1, 0.15) is 13.2 Å². The minimum absolute atomic E-state index is 0.362. The second-order valence-electron chi connectivity index (χ2n) is 4.99. The molecule has 124 valence electrons. The van der Waals surface area contributed by atoms with Crippen LogP contribution in [0.1, 0.15) is 10.4 Å². The quantitative estimate of drug-likeness (QED) is 0.586. The summed E-state index contributed by atoms with van der Waals surface area (Å²) in [6.07, 6.45) is 0. The number of carbonyl (C=O) groups is 2. The number of halogens is 1. The average molecular weight is 439 g/mol. The maximum absolute atomic E-state index is 11.9. The van der Waals surface area contributed by atoms with Gasteiger partial charge >= 0.3 is 5.97 Å². The fraction of sp³-hybridized carbons (Fsp3) is 0.176. The van der Waals surface area contributed by atoms with E-state index in [2.05, 4.69) is 27.9 Å². The number of carbonyl (C=O) groups excluding carboxylic acids is 2. The van der Waals surface area contributed by atoms with Crippen LogP contribution in [0.4, 0.5) is 5.69 Å². The number of fused-ring (bicyclic) bond motifs is 1. The summed E-state index contributed by atoms with van der Waals surface area (Å²) in [5.74, 6) is 0.258. The third kappa shape index (κ3) is 4.16. The van der Waals surface area contributed by atoms with Gasteiger partial charge < -0.3 is 19.5 Å². The van der Waals surface area contributed by atoms with Crippen LogP contribution in [-0.4, -0.2) is 31.7 Å². The van der Waals surface area contributed by atoms with Crippen LogP contribution in [0.15, 0.2) is 42.5 Å². The van der Waals surface area contributed by atoms with Crippen LogP contribution in [0.5, 0.6) is 11.5 Å². The van der Waals surface area contributed by atoms with Crippen LogP contribution < -0.4 is 14.8 Å². The molecule has 3 rings (SSSR count). The van der Waals surface area contributed by atoms with E-state index in [1.165, 1.54) is 0 Å². The van der Waals surface area contributed by atoms with Crippen molar-refractivity contribution in [1.29, 1.82) is 0 Å². The highest BCUT2D eigenvalue weighted by Crippen LogP contribution is 2.32. The van der Waals surface area contributed by atoms with Gasteiger partial charge in [-0.15, -0.1) is 0 Å². The van der Waals surface area contributed by atoms with Crippen LogP contribution in [-0.2, 0) is 9.53 Å². The van der Waals surface area contributed by atoms with E-state index in [0.29, 0.717) is 36.0 Å². The Hall–Kier alpha value is -2.29. The van der Waals surface area contributed by atoms with Crippen LogP contribution >= 0.6 is 22.6 Å². The van der Waals surface area contributed by atoms with Gasteiger partial charge in [0.2, 0.25) is 0 Å². The molecule has 2 aromatic carbocycles. The van der Waals surface area contributed by atoms with Crippen molar-refractivity contribution in [1.82, 2.24) is 0 Å². The van der Waals surface area contributed by atoms with Gasteiger partial charge in [0.15, 0.2) is 18.1 Å². The van der Waals surface area contributed by atoms with Crippen LogP contribution in [0.2, 0.25) is 0 Å². The Morgan fingerprint density at radius 2 is 1.75 bits per heavy atom. The molecule has 0 saturated carbocycles. The molecule has 1 aliphatic rings. The Morgan fingerprint density at radius 1 is 1.04 bits per heavy atom. The van der Waals surface area contributed by atoms with Gasteiger partial charge in [-0.25, -0.2) is 4.79 Å². The number of ether oxygens (including phenoxy) is 3. The van der Waals surface area contributed by atoms with Crippen LogP contribution in [0, 0.1) is 3.57 Å². The first-order chi connectivity index (χ1) is 11.6. The number of anilines is 1. The first-order valence-corrected chi connectivity index (χ1v) is 8.32. The van der Waals surface area contributed by atoms with Gasteiger partial charge in [-0.2, -0.15) is 0 Å². The first kappa shape index (κ1) is 16.6. The number of esters is 1. The predicted molar refractivity (Wildman–Crippen MR) is 95.5 cm³/mol. The number of nitrogens with one attached hydrogen (secondary N) is 1. The molecule has 1 N–H and O–H groups in total. The first-order valence-electron chi connectivity index (χ1n) is 7.24. The van der Waals surface area contributed by atoms with Crippen molar-refractivity contribution >= 4 is 40.2 Å². The summed E-state index contributed by atoms with van der Waals surface area (Å²) in [6, 6.07) is 12.0. The Morgan fingerprint density at radius 3 is 2.50 bits per heavy atom. The lowest BCUT2D eigenvalue weighted by Gasteiger charge is -2.19. The summed E-state index contributed by atoms with van der Waals surface area (Å²) in [6.45, 7) is 0.616. The van der Waals surface area contributed by atoms with E-state index < -0.39 is 11.9 Å². The number of rotatable bonds is 4. The maximum Gasteiger partial charge on any atom is 0.338 e. The minimum atomic E-state index is -0.538. The molecule has 0 atom stereocenters. The van der Waals surface area contributed by atoms with E-state index >= 15 is 0 Å². The lowest BCUT2D eigenvalue weighted by Crippen LogP contribution is -2.21. The van der Waals surface area contributed by atoms with Crippen molar-refractivity contribution in [2.75, 3.05) is 25.1 Å². The summed E-state index contributed by atoms with van der Waals surface area (Å²) in [5.41, 5.74) is 0.956. The summed E-state index contributed by atoms with van der Waals surface area (Å²) >= 11 is 2.14. The Labute approximate surface area is 152 Å². The van der Waals surface area contributed by atoms with Crippen molar-refractivity contribution in [2.45, 2.75) is 0 Å². The molecule has 0 bridgehead atoms. The van der Waals surface area contributed by atoms with Crippen molar-refractivity contribution in [3.05, 3.63) is 51.6 Å².